The van der Waals surface area contributed by atoms with Crippen LogP contribution in [0.4, 0.5) is 4.79 Å². The van der Waals surface area contributed by atoms with E-state index in [0.29, 0.717) is 13.0 Å². The van der Waals surface area contributed by atoms with Crippen LogP contribution in [-0.4, -0.2) is 32.7 Å². The molecule has 5 heteroatoms. The number of rotatable bonds is 10. The van der Waals surface area contributed by atoms with Gasteiger partial charge >= 0.3 is 6.09 Å². The number of hydrogen-bond acceptors (Lipinski definition) is 3. The van der Waals surface area contributed by atoms with Crippen LogP contribution in [0.2, 0.25) is 18.1 Å². The molecule has 192 valence electrons. The molecule has 2 aromatic carbocycles. The van der Waals surface area contributed by atoms with Crippen molar-refractivity contribution in [2.45, 2.75) is 84.2 Å². The number of nitrogens with one attached hydrogen (secondary N) is 1. The Morgan fingerprint density at radius 3 is 1.86 bits per heavy atom. The molecular weight excluding hydrogens is 450 g/mol. The van der Waals surface area contributed by atoms with Crippen LogP contribution in [0.25, 0.3) is 0 Å². The first-order valence-corrected chi connectivity index (χ1v) is 15.6. The summed E-state index contributed by atoms with van der Waals surface area (Å²) in [6, 6.07) is 20.5. The molecule has 0 aliphatic rings. The lowest BCUT2D eigenvalue weighted by Crippen LogP contribution is -2.42. The normalized spacial score (nSPS) is 14.5. The SMILES string of the molecule is CC(C)(C)OC(=O)N[C@H](/C=C/[C@H](CO[Si](C)(C)C(C)(C)C)Cc1ccccc1)Cc1ccccc1. The van der Waals surface area contributed by atoms with Gasteiger partial charge in [-0.1, -0.05) is 93.6 Å². The van der Waals surface area contributed by atoms with Crippen molar-refractivity contribution >= 4 is 14.4 Å². The maximum absolute atomic E-state index is 12.6. The Balaban J connectivity index is 2.23. The summed E-state index contributed by atoms with van der Waals surface area (Å²) in [5.74, 6) is 0.199. The molecule has 0 spiro atoms. The van der Waals surface area contributed by atoms with E-state index in [2.05, 4.69) is 87.7 Å². The molecule has 2 aromatic rings. The van der Waals surface area contributed by atoms with Crippen molar-refractivity contribution in [3.05, 3.63) is 83.9 Å². The van der Waals surface area contributed by atoms with Crippen molar-refractivity contribution in [1.82, 2.24) is 5.32 Å². The highest BCUT2D eigenvalue weighted by atomic mass is 28.4. The van der Waals surface area contributed by atoms with Gasteiger partial charge in [0.1, 0.15) is 5.60 Å². The molecule has 4 nitrogen and oxygen atoms in total. The summed E-state index contributed by atoms with van der Waals surface area (Å²) in [7, 11) is -1.88. The molecule has 0 aliphatic carbocycles. The minimum atomic E-state index is -1.88. The van der Waals surface area contributed by atoms with Gasteiger partial charge in [-0.3, -0.25) is 0 Å². The third kappa shape index (κ3) is 10.8. The lowest BCUT2D eigenvalue weighted by atomic mass is 9.97. The maximum atomic E-state index is 12.6. The number of amides is 1. The number of ether oxygens (including phenoxy) is 1. The van der Waals surface area contributed by atoms with Crippen LogP contribution < -0.4 is 5.32 Å². The average Bonchev–Trinajstić information content (AvgIpc) is 2.75. The van der Waals surface area contributed by atoms with Crippen molar-refractivity contribution in [2.24, 2.45) is 5.92 Å². The van der Waals surface area contributed by atoms with Gasteiger partial charge in [0.2, 0.25) is 0 Å². The lowest BCUT2D eigenvalue weighted by Gasteiger charge is -2.37. The fraction of sp³-hybridized carbons (Fsp3) is 0.500. The first kappa shape index (κ1) is 28.9. The molecule has 0 heterocycles. The van der Waals surface area contributed by atoms with Crippen molar-refractivity contribution < 1.29 is 14.0 Å². The molecule has 35 heavy (non-hydrogen) atoms. The summed E-state index contributed by atoms with van der Waals surface area (Å²) in [6.45, 7) is 17.7. The van der Waals surface area contributed by atoms with E-state index in [-0.39, 0.29) is 17.0 Å². The summed E-state index contributed by atoms with van der Waals surface area (Å²) in [5.41, 5.74) is 1.90. The second-order valence-corrected chi connectivity index (χ2v) is 16.7. The smallest absolute Gasteiger partial charge is 0.408 e. The highest BCUT2D eigenvalue weighted by molar-refractivity contribution is 6.74. The van der Waals surface area contributed by atoms with Gasteiger partial charge in [-0.2, -0.15) is 0 Å². The second-order valence-electron chi connectivity index (χ2n) is 11.8. The quantitative estimate of drug-likeness (QED) is 0.273. The van der Waals surface area contributed by atoms with Crippen LogP contribution >= 0.6 is 0 Å². The molecule has 2 atom stereocenters. The average molecular weight is 496 g/mol. The van der Waals surface area contributed by atoms with Gasteiger partial charge in [-0.15, -0.1) is 0 Å². The Labute approximate surface area is 214 Å². The Morgan fingerprint density at radius 2 is 1.37 bits per heavy atom. The zero-order valence-corrected chi connectivity index (χ0v) is 23.9. The van der Waals surface area contributed by atoms with Gasteiger partial charge in [-0.25, -0.2) is 4.79 Å². The van der Waals surface area contributed by atoms with E-state index in [0.717, 1.165) is 12.0 Å². The molecule has 0 aromatic heterocycles. The first-order chi connectivity index (χ1) is 16.2. The molecule has 0 saturated heterocycles. The highest BCUT2D eigenvalue weighted by Crippen LogP contribution is 2.37. The molecule has 1 N–H and O–H groups in total. The van der Waals surface area contributed by atoms with Crippen LogP contribution in [-0.2, 0) is 22.0 Å². The van der Waals surface area contributed by atoms with Crippen molar-refractivity contribution in [2.75, 3.05) is 6.61 Å². The van der Waals surface area contributed by atoms with Crippen LogP contribution in [0, 0.1) is 5.92 Å². The van der Waals surface area contributed by atoms with Crippen LogP contribution in [0.1, 0.15) is 52.7 Å². The fourth-order valence-electron chi connectivity index (χ4n) is 3.42. The highest BCUT2D eigenvalue weighted by Gasteiger charge is 2.37. The first-order valence-electron chi connectivity index (χ1n) is 12.6. The van der Waals surface area contributed by atoms with Gasteiger partial charge in [0, 0.05) is 12.5 Å². The zero-order chi connectivity index (χ0) is 26.1. The van der Waals surface area contributed by atoms with E-state index in [4.69, 9.17) is 9.16 Å². The molecule has 0 bridgehead atoms. The second kappa shape index (κ2) is 12.5. The number of carbonyl (C=O) groups is 1. The van der Waals surface area contributed by atoms with Gasteiger partial charge < -0.3 is 14.5 Å². The van der Waals surface area contributed by atoms with E-state index in [1.165, 1.54) is 5.56 Å². The zero-order valence-electron chi connectivity index (χ0n) is 22.9. The minimum absolute atomic E-state index is 0.155. The van der Waals surface area contributed by atoms with Gasteiger partial charge in [0.05, 0.1) is 6.04 Å². The van der Waals surface area contributed by atoms with Gasteiger partial charge in [-0.05, 0) is 62.9 Å². The van der Waals surface area contributed by atoms with Gasteiger partial charge in [0.15, 0.2) is 8.32 Å². The maximum Gasteiger partial charge on any atom is 0.408 e. The Bertz CT molecular complexity index is 928. The molecule has 0 fully saturated rings. The molecule has 0 radical (unpaired) electrons. The van der Waals surface area contributed by atoms with E-state index >= 15 is 0 Å². The molecular formula is C30H45NO3Si. The Morgan fingerprint density at radius 1 is 0.857 bits per heavy atom. The molecule has 0 saturated carbocycles. The van der Waals surface area contributed by atoms with Crippen LogP contribution in [0.5, 0.6) is 0 Å². The van der Waals surface area contributed by atoms with Crippen molar-refractivity contribution in [1.29, 1.82) is 0 Å². The minimum Gasteiger partial charge on any atom is -0.444 e. The largest absolute Gasteiger partial charge is 0.444 e. The number of hydrogen-bond donors (Lipinski definition) is 1. The van der Waals surface area contributed by atoms with Crippen LogP contribution in [0.3, 0.4) is 0 Å². The van der Waals surface area contributed by atoms with E-state index < -0.39 is 20.0 Å². The predicted octanol–water partition coefficient (Wildman–Crippen LogP) is 7.56. The van der Waals surface area contributed by atoms with Crippen LogP contribution in [0.15, 0.2) is 72.8 Å². The molecule has 1 amide bonds. The Hall–Kier alpha value is -2.37. The summed E-state index contributed by atoms with van der Waals surface area (Å²) >= 11 is 0. The fourth-order valence-corrected chi connectivity index (χ4v) is 4.48. The Kier molecular flexibility index (Phi) is 10.3. The third-order valence-electron chi connectivity index (χ3n) is 6.42. The monoisotopic (exact) mass is 495 g/mol. The van der Waals surface area contributed by atoms with Crippen molar-refractivity contribution in [3.8, 4) is 0 Å². The van der Waals surface area contributed by atoms with Gasteiger partial charge in [0.25, 0.3) is 0 Å². The summed E-state index contributed by atoms with van der Waals surface area (Å²) in [6.07, 6.45) is 5.50. The number of benzene rings is 2. The summed E-state index contributed by atoms with van der Waals surface area (Å²) < 4.78 is 12.1. The molecule has 0 aliphatic heterocycles. The van der Waals surface area contributed by atoms with E-state index in [1.54, 1.807) is 0 Å². The summed E-state index contributed by atoms with van der Waals surface area (Å²) in [5, 5.41) is 3.21. The predicted molar refractivity (Wildman–Crippen MR) is 149 cm³/mol. The number of carbonyl (C=O) groups excluding carboxylic acids is 1. The standard InChI is InChI=1S/C30H45NO3Si/c1-29(2,3)34-28(32)31-27(22-25-17-13-10-14-18-25)20-19-26(21-24-15-11-9-12-16-24)23-33-35(7,8)30(4,5)6/h9-20,26-27H,21-23H2,1-8H3,(H,31,32)/b20-19+/t26-,27+/m0/s1. The molecule has 0 unspecified atom stereocenters. The van der Waals surface area contributed by atoms with E-state index in [1.807, 2.05) is 45.0 Å². The topological polar surface area (TPSA) is 47.6 Å². The lowest BCUT2D eigenvalue weighted by molar-refractivity contribution is 0.0514. The third-order valence-corrected chi connectivity index (χ3v) is 10.9. The van der Waals surface area contributed by atoms with Crippen molar-refractivity contribution in [3.63, 3.8) is 0 Å². The number of alkyl carbamates (subject to hydrolysis) is 1. The molecule has 2 rings (SSSR count). The summed E-state index contributed by atoms with van der Waals surface area (Å²) in [4.78, 5) is 12.6. The van der Waals surface area contributed by atoms with E-state index in [9.17, 15) is 4.79 Å².